The summed E-state index contributed by atoms with van der Waals surface area (Å²) in [6, 6.07) is 24.3. The highest BCUT2D eigenvalue weighted by Crippen LogP contribution is 2.35. The Morgan fingerprint density at radius 1 is 0.852 bits per heavy atom. The number of aryl methyl sites for hydroxylation is 2. The van der Waals surface area contributed by atoms with Crippen LogP contribution in [-0.4, -0.2) is 13.1 Å². The predicted molar refractivity (Wildman–Crippen MR) is 110 cm³/mol. The van der Waals surface area contributed by atoms with E-state index in [4.69, 9.17) is 0 Å². The lowest BCUT2D eigenvalue weighted by molar-refractivity contribution is 0.575. The zero-order valence-electron chi connectivity index (χ0n) is 15.7. The van der Waals surface area contributed by atoms with Gasteiger partial charge in [-0.1, -0.05) is 48.5 Å². The Kier molecular flexibility index (Phi) is 5.21. The van der Waals surface area contributed by atoms with Crippen LogP contribution in [0.1, 0.15) is 29.7 Å². The monoisotopic (exact) mass is 360 g/mol. The number of hydrogen-bond donors (Lipinski definition) is 1. The molecule has 1 aliphatic rings. The Morgan fingerprint density at radius 2 is 1.41 bits per heavy atom. The van der Waals surface area contributed by atoms with Crippen LogP contribution in [0.3, 0.4) is 0 Å². The first kappa shape index (κ1) is 17.7. The minimum Gasteiger partial charge on any atom is -0.340 e. The van der Waals surface area contributed by atoms with Gasteiger partial charge in [0.1, 0.15) is 5.82 Å². The smallest absolute Gasteiger partial charge is 0.123 e. The van der Waals surface area contributed by atoms with Crippen LogP contribution < -0.4 is 10.2 Å². The van der Waals surface area contributed by atoms with E-state index in [1.807, 2.05) is 12.1 Å². The second-order valence-corrected chi connectivity index (χ2v) is 7.14. The number of halogens is 1. The van der Waals surface area contributed by atoms with E-state index in [9.17, 15) is 4.39 Å². The van der Waals surface area contributed by atoms with Crippen LogP contribution in [-0.2, 0) is 12.8 Å². The lowest BCUT2D eigenvalue weighted by Crippen LogP contribution is -2.31. The van der Waals surface area contributed by atoms with Gasteiger partial charge in [0, 0.05) is 30.5 Å². The molecule has 0 unspecified atom stereocenters. The van der Waals surface area contributed by atoms with Crippen LogP contribution in [0.25, 0.3) is 0 Å². The first-order valence-corrected chi connectivity index (χ1v) is 9.64. The molecule has 2 nitrogen and oxygen atoms in total. The Labute approximate surface area is 160 Å². The van der Waals surface area contributed by atoms with Gasteiger partial charge in [-0.2, -0.15) is 0 Å². The SMILES string of the molecule is C[C@@H](NCCN1c2ccccc2CCc2ccccc21)c1ccc(F)cc1. The summed E-state index contributed by atoms with van der Waals surface area (Å²) in [5, 5.41) is 3.58. The number of para-hydroxylation sites is 2. The van der Waals surface area contributed by atoms with Gasteiger partial charge in [-0.3, -0.25) is 0 Å². The fourth-order valence-corrected chi connectivity index (χ4v) is 3.87. The molecule has 0 saturated heterocycles. The molecular weight excluding hydrogens is 335 g/mol. The normalized spacial score (nSPS) is 14.2. The van der Waals surface area contributed by atoms with Gasteiger partial charge in [-0.05, 0) is 60.7 Å². The highest BCUT2D eigenvalue weighted by atomic mass is 19.1. The van der Waals surface area contributed by atoms with Crippen LogP contribution in [0.4, 0.5) is 15.8 Å². The van der Waals surface area contributed by atoms with Gasteiger partial charge in [0.2, 0.25) is 0 Å². The number of nitrogens with zero attached hydrogens (tertiary/aromatic N) is 1. The molecule has 27 heavy (non-hydrogen) atoms. The number of anilines is 2. The van der Waals surface area contributed by atoms with E-state index < -0.39 is 0 Å². The van der Waals surface area contributed by atoms with Gasteiger partial charge in [0.05, 0.1) is 0 Å². The van der Waals surface area contributed by atoms with Gasteiger partial charge in [-0.25, -0.2) is 4.39 Å². The zero-order valence-corrected chi connectivity index (χ0v) is 15.7. The first-order chi connectivity index (χ1) is 13.2. The van der Waals surface area contributed by atoms with E-state index in [-0.39, 0.29) is 11.9 Å². The fraction of sp³-hybridized carbons (Fsp3) is 0.250. The molecule has 1 heterocycles. The molecule has 0 saturated carbocycles. The molecule has 138 valence electrons. The highest BCUT2D eigenvalue weighted by Gasteiger charge is 2.19. The molecule has 0 radical (unpaired) electrons. The molecule has 0 aromatic heterocycles. The summed E-state index contributed by atoms with van der Waals surface area (Å²) in [6.45, 7) is 3.86. The maximum Gasteiger partial charge on any atom is 0.123 e. The summed E-state index contributed by atoms with van der Waals surface area (Å²) in [4.78, 5) is 2.43. The molecule has 1 N–H and O–H groups in total. The Balaban J connectivity index is 1.52. The second kappa shape index (κ2) is 7.93. The molecule has 0 amide bonds. The van der Waals surface area contributed by atoms with Gasteiger partial charge in [0.15, 0.2) is 0 Å². The lowest BCUT2D eigenvalue weighted by atomic mass is 10.0. The average Bonchev–Trinajstić information content (AvgIpc) is 2.86. The van der Waals surface area contributed by atoms with Crippen molar-refractivity contribution in [3.63, 3.8) is 0 Å². The number of nitrogens with one attached hydrogen (secondary N) is 1. The standard InChI is InChI=1S/C24H25FN2/c1-18(19-12-14-22(25)15-13-19)26-16-17-27-23-8-4-2-6-20(23)10-11-21-7-3-5-9-24(21)27/h2-9,12-15,18,26H,10-11,16-17H2,1H3/t18-/m1/s1. The maximum absolute atomic E-state index is 13.1. The van der Waals surface area contributed by atoms with E-state index in [2.05, 4.69) is 65.7 Å². The molecule has 0 spiro atoms. The van der Waals surface area contributed by atoms with E-state index in [0.717, 1.165) is 31.5 Å². The second-order valence-electron chi connectivity index (χ2n) is 7.14. The van der Waals surface area contributed by atoms with Crippen molar-refractivity contribution in [2.45, 2.75) is 25.8 Å². The summed E-state index contributed by atoms with van der Waals surface area (Å²) in [5.74, 6) is -0.191. The molecule has 3 heteroatoms. The van der Waals surface area contributed by atoms with E-state index in [1.165, 1.54) is 34.6 Å². The van der Waals surface area contributed by atoms with Crippen molar-refractivity contribution < 1.29 is 4.39 Å². The largest absolute Gasteiger partial charge is 0.340 e. The van der Waals surface area contributed by atoms with Crippen molar-refractivity contribution in [3.8, 4) is 0 Å². The molecule has 0 fully saturated rings. The van der Waals surface area contributed by atoms with Crippen molar-refractivity contribution in [2.75, 3.05) is 18.0 Å². The molecule has 1 atom stereocenters. The third kappa shape index (κ3) is 3.88. The third-order valence-corrected chi connectivity index (χ3v) is 5.38. The molecule has 3 aromatic rings. The molecule has 1 aliphatic heterocycles. The van der Waals surface area contributed by atoms with Gasteiger partial charge < -0.3 is 10.2 Å². The maximum atomic E-state index is 13.1. The number of hydrogen-bond acceptors (Lipinski definition) is 2. The van der Waals surface area contributed by atoms with Gasteiger partial charge in [-0.15, -0.1) is 0 Å². The fourth-order valence-electron chi connectivity index (χ4n) is 3.87. The minimum absolute atomic E-state index is 0.183. The van der Waals surface area contributed by atoms with Gasteiger partial charge >= 0.3 is 0 Å². The summed E-state index contributed by atoms with van der Waals surface area (Å²) >= 11 is 0. The van der Waals surface area contributed by atoms with Crippen LogP contribution in [0, 0.1) is 5.82 Å². The summed E-state index contributed by atoms with van der Waals surface area (Å²) in [6.07, 6.45) is 2.15. The predicted octanol–water partition coefficient (Wildman–Crippen LogP) is 5.41. The van der Waals surface area contributed by atoms with Crippen molar-refractivity contribution >= 4 is 11.4 Å². The quantitative estimate of drug-likeness (QED) is 0.654. The number of rotatable bonds is 5. The van der Waals surface area contributed by atoms with Crippen LogP contribution in [0.15, 0.2) is 72.8 Å². The van der Waals surface area contributed by atoms with Crippen LogP contribution in [0.5, 0.6) is 0 Å². The molecule has 3 aromatic carbocycles. The van der Waals surface area contributed by atoms with Crippen molar-refractivity contribution in [2.24, 2.45) is 0 Å². The zero-order chi connectivity index (χ0) is 18.6. The Bertz CT molecular complexity index is 857. The van der Waals surface area contributed by atoms with E-state index in [0.29, 0.717) is 0 Å². The Hall–Kier alpha value is -2.65. The number of benzene rings is 3. The number of fused-ring (bicyclic) bond motifs is 2. The highest BCUT2D eigenvalue weighted by molar-refractivity contribution is 5.71. The third-order valence-electron chi connectivity index (χ3n) is 5.38. The van der Waals surface area contributed by atoms with Crippen molar-refractivity contribution in [1.82, 2.24) is 5.32 Å². The molecule has 4 rings (SSSR count). The van der Waals surface area contributed by atoms with Crippen molar-refractivity contribution in [1.29, 1.82) is 0 Å². The van der Waals surface area contributed by atoms with E-state index in [1.54, 1.807) is 0 Å². The first-order valence-electron chi connectivity index (χ1n) is 9.64. The Morgan fingerprint density at radius 3 is 2.00 bits per heavy atom. The summed E-state index contributed by atoms with van der Waals surface area (Å²) in [5.41, 5.74) is 6.52. The van der Waals surface area contributed by atoms with Gasteiger partial charge in [0.25, 0.3) is 0 Å². The topological polar surface area (TPSA) is 15.3 Å². The van der Waals surface area contributed by atoms with Crippen molar-refractivity contribution in [3.05, 3.63) is 95.3 Å². The van der Waals surface area contributed by atoms with E-state index >= 15 is 0 Å². The lowest BCUT2D eigenvalue weighted by Gasteiger charge is -2.28. The minimum atomic E-state index is -0.191. The van der Waals surface area contributed by atoms with Crippen LogP contribution >= 0.6 is 0 Å². The average molecular weight is 360 g/mol. The molecule has 0 aliphatic carbocycles. The summed E-state index contributed by atoms with van der Waals surface area (Å²) in [7, 11) is 0. The van der Waals surface area contributed by atoms with Crippen LogP contribution in [0.2, 0.25) is 0 Å². The summed E-state index contributed by atoms with van der Waals surface area (Å²) < 4.78 is 13.1. The molecule has 0 bridgehead atoms. The molecular formula is C24H25FN2.